The summed E-state index contributed by atoms with van der Waals surface area (Å²) in [4.78, 5) is 20.9. The summed E-state index contributed by atoms with van der Waals surface area (Å²) in [7, 11) is 0. The highest BCUT2D eigenvalue weighted by molar-refractivity contribution is 14.1. The summed E-state index contributed by atoms with van der Waals surface area (Å²) >= 11 is 3.72. The Hall–Kier alpha value is -1.74. The van der Waals surface area contributed by atoms with Crippen LogP contribution in [0.3, 0.4) is 0 Å². The Bertz CT molecular complexity index is 773. The van der Waals surface area contributed by atoms with E-state index >= 15 is 0 Å². The zero-order chi connectivity index (χ0) is 14.7. The Kier molecular flexibility index (Phi) is 4.30. The maximum atomic E-state index is 11.9. The summed E-state index contributed by atoms with van der Waals surface area (Å²) in [6, 6.07) is 9.43. The lowest BCUT2D eigenvalue weighted by molar-refractivity contribution is -0.118. The van der Waals surface area contributed by atoms with Crippen LogP contribution >= 0.6 is 33.9 Å². The van der Waals surface area contributed by atoms with Crippen molar-refractivity contribution < 1.29 is 9.53 Å². The maximum absolute atomic E-state index is 11.9. The Balaban J connectivity index is 1.63. The maximum Gasteiger partial charge on any atom is 0.262 e. The average molecular weight is 411 g/mol. The molecule has 0 aliphatic heterocycles. The zero-order valence-electron chi connectivity index (χ0n) is 10.7. The number of nitrogens with one attached hydrogen (secondary N) is 1. The van der Waals surface area contributed by atoms with E-state index in [-0.39, 0.29) is 12.5 Å². The molecule has 0 aliphatic carbocycles. The van der Waals surface area contributed by atoms with Gasteiger partial charge in [-0.1, -0.05) is 0 Å². The normalized spacial score (nSPS) is 10.5. The number of aromatic nitrogens is 2. The number of amides is 1. The van der Waals surface area contributed by atoms with Gasteiger partial charge in [0.05, 0.1) is 5.39 Å². The Morgan fingerprint density at radius 3 is 2.86 bits per heavy atom. The van der Waals surface area contributed by atoms with Gasteiger partial charge in [-0.25, -0.2) is 9.97 Å². The molecule has 21 heavy (non-hydrogen) atoms. The SMILES string of the molecule is O=C(COc1ncnc2sccc12)Nc1ccc(I)cc1. The fourth-order valence-electron chi connectivity index (χ4n) is 1.75. The number of halogens is 1. The second kappa shape index (κ2) is 6.35. The number of benzene rings is 1. The van der Waals surface area contributed by atoms with Crippen molar-refractivity contribution in [3.8, 4) is 5.88 Å². The molecule has 2 aromatic heterocycles. The minimum absolute atomic E-state index is 0.0893. The van der Waals surface area contributed by atoms with Gasteiger partial charge in [-0.05, 0) is 58.3 Å². The number of hydrogen-bond donors (Lipinski definition) is 1. The van der Waals surface area contributed by atoms with Crippen molar-refractivity contribution in [3.63, 3.8) is 0 Å². The van der Waals surface area contributed by atoms with Gasteiger partial charge >= 0.3 is 0 Å². The van der Waals surface area contributed by atoms with Crippen LogP contribution < -0.4 is 10.1 Å². The van der Waals surface area contributed by atoms with Crippen molar-refractivity contribution >= 4 is 55.7 Å². The number of ether oxygens (including phenoxy) is 1. The van der Waals surface area contributed by atoms with Gasteiger partial charge in [0.25, 0.3) is 5.91 Å². The van der Waals surface area contributed by atoms with Gasteiger partial charge < -0.3 is 10.1 Å². The molecule has 0 radical (unpaired) electrons. The van der Waals surface area contributed by atoms with Crippen molar-refractivity contribution in [2.75, 3.05) is 11.9 Å². The number of carbonyl (C=O) groups excluding carboxylic acids is 1. The van der Waals surface area contributed by atoms with Crippen LogP contribution in [0.15, 0.2) is 42.0 Å². The number of nitrogens with zero attached hydrogens (tertiary/aromatic N) is 2. The molecule has 0 unspecified atom stereocenters. The molecule has 0 aliphatic rings. The van der Waals surface area contributed by atoms with Crippen molar-refractivity contribution in [1.29, 1.82) is 0 Å². The topological polar surface area (TPSA) is 64.1 Å². The fraction of sp³-hybridized carbons (Fsp3) is 0.0714. The molecule has 1 N–H and O–H groups in total. The van der Waals surface area contributed by atoms with Crippen molar-refractivity contribution in [2.45, 2.75) is 0 Å². The molecule has 0 saturated heterocycles. The predicted molar refractivity (Wildman–Crippen MR) is 90.7 cm³/mol. The number of fused-ring (bicyclic) bond motifs is 1. The van der Waals surface area contributed by atoms with E-state index in [0.29, 0.717) is 5.88 Å². The molecule has 106 valence electrons. The van der Waals surface area contributed by atoms with Gasteiger partial charge in [-0.3, -0.25) is 4.79 Å². The Morgan fingerprint density at radius 2 is 2.05 bits per heavy atom. The van der Waals surface area contributed by atoms with Crippen LogP contribution in [0.25, 0.3) is 10.2 Å². The molecular formula is C14H10IN3O2S. The van der Waals surface area contributed by atoms with Crippen LogP contribution in [0.4, 0.5) is 5.69 Å². The Morgan fingerprint density at radius 1 is 1.24 bits per heavy atom. The summed E-state index contributed by atoms with van der Waals surface area (Å²) in [5.41, 5.74) is 0.743. The smallest absolute Gasteiger partial charge is 0.262 e. The third-order valence-electron chi connectivity index (χ3n) is 2.69. The first-order valence-electron chi connectivity index (χ1n) is 6.09. The van der Waals surface area contributed by atoms with Crippen molar-refractivity contribution in [3.05, 3.63) is 45.6 Å². The van der Waals surface area contributed by atoms with Gasteiger partial charge in [-0.2, -0.15) is 0 Å². The summed E-state index contributed by atoms with van der Waals surface area (Å²) in [6.07, 6.45) is 1.44. The lowest BCUT2D eigenvalue weighted by Crippen LogP contribution is -2.20. The second-order valence-corrected chi connectivity index (χ2v) is 6.30. The molecule has 2 heterocycles. The predicted octanol–water partition coefficient (Wildman–Crippen LogP) is 3.31. The van der Waals surface area contributed by atoms with Crippen LogP contribution in [-0.4, -0.2) is 22.5 Å². The van der Waals surface area contributed by atoms with E-state index < -0.39 is 0 Å². The lowest BCUT2D eigenvalue weighted by Gasteiger charge is -2.07. The first-order chi connectivity index (χ1) is 10.2. The van der Waals surface area contributed by atoms with Gasteiger partial charge in [0.2, 0.25) is 5.88 Å². The summed E-state index contributed by atoms with van der Waals surface area (Å²) in [6.45, 7) is -0.0893. The second-order valence-electron chi connectivity index (χ2n) is 4.16. The minimum atomic E-state index is -0.224. The number of carbonyl (C=O) groups is 1. The van der Waals surface area contributed by atoms with Crippen LogP contribution in [-0.2, 0) is 4.79 Å². The van der Waals surface area contributed by atoms with E-state index in [9.17, 15) is 4.79 Å². The number of hydrogen-bond acceptors (Lipinski definition) is 5. The molecule has 0 atom stereocenters. The molecule has 0 bridgehead atoms. The number of anilines is 1. The van der Waals surface area contributed by atoms with Crippen LogP contribution in [0.1, 0.15) is 0 Å². The molecule has 3 aromatic rings. The number of thiophene rings is 1. The molecule has 1 aromatic carbocycles. The van der Waals surface area contributed by atoms with Crippen LogP contribution in [0.2, 0.25) is 0 Å². The first kappa shape index (κ1) is 14.2. The van der Waals surface area contributed by atoms with Crippen molar-refractivity contribution in [1.82, 2.24) is 9.97 Å². The summed E-state index contributed by atoms with van der Waals surface area (Å²) in [5.74, 6) is 0.206. The van der Waals surface area contributed by atoms with E-state index in [1.54, 1.807) is 0 Å². The highest BCUT2D eigenvalue weighted by Crippen LogP contribution is 2.25. The fourth-order valence-corrected chi connectivity index (χ4v) is 2.83. The molecule has 1 amide bonds. The third-order valence-corrected chi connectivity index (χ3v) is 4.23. The van der Waals surface area contributed by atoms with Gasteiger partial charge in [0.15, 0.2) is 6.61 Å². The highest BCUT2D eigenvalue weighted by atomic mass is 127. The Labute approximate surface area is 138 Å². The molecular weight excluding hydrogens is 401 g/mol. The summed E-state index contributed by atoms with van der Waals surface area (Å²) < 4.78 is 6.59. The minimum Gasteiger partial charge on any atom is -0.467 e. The average Bonchev–Trinajstić information content (AvgIpc) is 2.96. The molecule has 0 saturated carbocycles. The molecule has 3 rings (SSSR count). The standard InChI is InChI=1S/C14H10IN3O2S/c15-9-1-3-10(4-2-9)18-12(19)7-20-13-11-5-6-21-14(11)17-8-16-13/h1-6,8H,7H2,(H,18,19). The van der Waals surface area contributed by atoms with E-state index in [1.807, 2.05) is 35.7 Å². The molecule has 0 spiro atoms. The largest absolute Gasteiger partial charge is 0.467 e. The molecule has 0 fully saturated rings. The van der Waals surface area contributed by atoms with Gasteiger partial charge in [-0.15, -0.1) is 11.3 Å². The van der Waals surface area contributed by atoms with E-state index in [1.165, 1.54) is 17.7 Å². The van der Waals surface area contributed by atoms with E-state index in [4.69, 9.17) is 4.74 Å². The zero-order valence-corrected chi connectivity index (χ0v) is 13.7. The summed E-state index contributed by atoms with van der Waals surface area (Å²) in [5, 5.41) is 5.51. The quantitative estimate of drug-likeness (QED) is 0.670. The van der Waals surface area contributed by atoms with Gasteiger partial charge in [0.1, 0.15) is 11.2 Å². The lowest BCUT2D eigenvalue weighted by atomic mass is 10.3. The van der Waals surface area contributed by atoms with Crippen LogP contribution in [0, 0.1) is 3.57 Å². The highest BCUT2D eigenvalue weighted by Gasteiger charge is 2.08. The van der Waals surface area contributed by atoms with E-state index in [0.717, 1.165) is 19.5 Å². The molecule has 5 nitrogen and oxygen atoms in total. The first-order valence-corrected chi connectivity index (χ1v) is 8.04. The third kappa shape index (κ3) is 3.48. The molecule has 7 heteroatoms. The van der Waals surface area contributed by atoms with Crippen molar-refractivity contribution in [2.24, 2.45) is 0 Å². The monoisotopic (exact) mass is 411 g/mol. The number of rotatable bonds is 4. The van der Waals surface area contributed by atoms with Gasteiger partial charge in [0, 0.05) is 9.26 Å². The van der Waals surface area contributed by atoms with Crippen LogP contribution in [0.5, 0.6) is 5.88 Å². The van der Waals surface area contributed by atoms with E-state index in [2.05, 4.69) is 37.9 Å².